The van der Waals surface area contributed by atoms with Gasteiger partial charge in [-0.2, -0.15) is 0 Å². The number of amides is 1. The highest BCUT2D eigenvalue weighted by molar-refractivity contribution is 7.13. The molecule has 0 aliphatic heterocycles. The molecule has 1 N–H and O–H groups in total. The van der Waals surface area contributed by atoms with Gasteiger partial charge in [-0.15, -0.1) is 36.2 Å². The zero-order valence-electron chi connectivity index (χ0n) is 12.5. The van der Waals surface area contributed by atoms with Crippen LogP contribution in [0.25, 0.3) is 10.6 Å². The summed E-state index contributed by atoms with van der Waals surface area (Å²) in [6, 6.07) is 3.85. The molecule has 0 radical (unpaired) electrons. The Hall–Kier alpha value is -1.21. The zero-order valence-corrected chi connectivity index (χ0v) is 14.9. The molecule has 0 aliphatic carbocycles. The molecule has 0 spiro atoms. The molecule has 2 aromatic rings. The van der Waals surface area contributed by atoms with Crippen LogP contribution in [0.4, 0.5) is 0 Å². The zero-order chi connectivity index (χ0) is 14.4. The summed E-state index contributed by atoms with van der Waals surface area (Å²) in [7, 11) is 3.69. The number of pyridine rings is 1. The molecular weight excluding hydrogens is 343 g/mol. The smallest absolute Gasteiger partial charge is 0.228 e. The van der Waals surface area contributed by atoms with Crippen LogP contribution in [0.1, 0.15) is 5.69 Å². The normalized spacial score (nSPS) is 9.55. The van der Waals surface area contributed by atoms with E-state index in [1.165, 1.54) is 0 Å². The van der Waals surface area contributed by atoms with E-state index in [1.54, 1.807) is 28.6 Å². The lowest BCUT2D eigenvalue weighted by molar-refractivity contribution is -0.129. The first-order valence-corrected chi connectivity index (χ1v) is 7.32. The van der Waals surface area contributed by atoms with Crippen molar-refractivity contribution in [2.24, 2.45) is 0 Å². The van der Waals surface area contributed by atoms with Crippen molar-refractivity contribution in [2.75, 3.05) is 27.2 Å². The van der Waals surface area contributed by atoms with Gasteiger partial charge in [0, 0.05) is 43.5 Å². The second-order valence-corrected chi connectivity index (χ2v) is 5.34. The summed E-state index contributed by atoms with van der Waals surface area (Å²) >= 11 is 1.54. The molecule has 5 nitrogen and oxygen atoms in total. The molecule has 0 bridgehead atoms. The molecule has 0 aromatic carbocycles. The third-order valence-corrected chi connectivity index (χ3v) is 3.86. The van der Waals surface area contributed by atoms with E-state index in [2.05, 4.69) is 15.3 Å². The largest absolute Gasteiger partial charge is 0.344 e. The minimum absolute atomic E-state index is 0. The van der Waals surface area contributed by atoms with Crippen LogP contribution >= 0.6 is 36.2 Å². The van der Waals surface area contributed by atoms with Crippen molar-refractivity contribution in [3.63, 3.8) is 0 Å². The SMILES string of the molecule is CNCCN(C)C(=O)Cc1csc(-c2cccnc2)n1.Cl.Cl. The molecule has 122 valence electrons. The molecule has 22 heavy (non-hydrogen) atoms. The van der Waals surface area contributed by atoms with Crippen LogP contribution in [0.15, 0.2) is 29.9 Å². The van der Waals surface area contributed by atoms with Gasteiger partial charge in [0.15, 0.2) is 0 Å². The summed E-state index contributed by atoms with van der Waals surface area (Å²) in [4.78, 5) is 22.3. The maximum Gasteiger partial charge on any atom is 0.228 e. The summed E-state index contributed by atoms with van der Waals surface area (Å²) in [5.74, 6) is 0.0864. The fraction of sp³-hybridized carbons (Fsp3) is 0.357. The van der Waals surface area contributed by atoms with Crippen LogP contribution in [0, 0.1) is 0 Å². The van der Waals surface area contributed by atoms with Gasteiger partial charge in [-0.25, -0.2) is 4.98 Å². The fourth-order valence-corrected chi connectivity index (χ4v) is 2.51. The lowest BCUT2D eigenvalue weighted by Crippen LogP contribution is -2.33. The summed E-state index contributed by atoms with van der Waals surface area (Å²) in [5.41, 5.74) is 1.80. The number of aromatic nitrogens is 2. The van der Waals surface area contributed by atoms with Crippen LogP contribution in [0.5, 0.6) is 0 Å². The number of hydrogen-bond donors (Lipinski definition) is 1. The molecule has 1 amide bonds. The third kappa shape index (κ3) is 5.88. The molecule has 0 saturated heterocycles. The quantitative estimate of drug-likeness (QED) is 0.856. The van der Waals surface area contributed by atoms with E-state index in [-0.39, 0.29) is 30.7 Å². The van der Waals surface area contributed by atoms with E-state index in [0.717, 1.165) is 22.8 Å². The predicted molar refractivity (Wildman–Crippen MR) is 95.1 cm³/mol. The van der Waals surface area contributed by atoms with Gasteiger partial charge >= 0.3 is 0 Å². The van der Waals surface area contributed by atoms with Crippen LogP contribution in [-0.2, 0) is 11.2 Å². The van der Waals surface area contributed by atoms with Gasteiger partial charge in [-0.05, 0) is 19.2 Å². The highest BCUT2D eigenvalue weighted by Gasteiger charge is 2.12. The molecule has 2 aromatic heterocycles. The number of halogens is 2. The average molecular weight is 363 g/mol. The van der Waals surface area contributed by atoms with E-state index in [1.807, 2.05) is 31.6 Å². The molecule has 0 aliphatic rings. The van der Waals surface area contributed by atoms with Crippen molar-refractivity contribution in [2.45, 2.75) is 6.42 Å². The second kappa shape index (κ2) is 10.5. The van der Waals surface area contributed by atoms with E-state index in [0.29, 0.717) is 13.0 Å². The lowest BCUT2D eigenvalue weighted by atomic mass is 10.3. The molecule has 0 fully saturated rings. The van der Waals surface area contributed by atoms with Crippen molar-refractivity contribution in [1.29, 1.82) is 0 Å². The van der Waals surface area contributed by atoms with Crippen molar-refractivity contribution < 1.29 is 4.79 Å². The summed E-state index contributed by atoms with van der Waals surface area (Å²) < 4.78 is 0. The number of hydrogen-bond acceptors (Lipinski definition) is 5. The minimum Gasteiger partial charge on any atom is -0.344 e. The minimum atomic E-state index is 0. The van der Waals surface area contributed by atoms with Crippen molar-refractivity contribution in [3.8, 4) is 10.6 Å². The van der Waals surface area contributed by atoms with Gasteiger partial charge in [-0.3, -0.25) is 9.78 Å². The van der Waals surface area contributed by atoms with Crippen LogP contribution in [-0.4, -0.2) is 48.0 Å². The molecule has 2 rings (SSSR count). The Balaban J connectivity index is 0.00000220. The number of nitrogens with one attached hydrogen (secondary N) is 1. The predicted octanol–water partition coefficient (Wildman–Crippen LogP) is 2.27. The van der Waals surface area contributed by atoms with Crippen LogP contribution in [0.2, 0.25) is 0 Å². The van der Waals surface area contributed by atoms with Crippen molar-refractivity contribution >= 4 is 42.1 Å². The van der Waals surface area contributed by atoms with Gasteiger partial charge < -0.3 is 10.2 Å². The Morgan fingerprint density at radius 2 is 2.18 bits per heavy atom. The maximum atomic E-state index is 12.0. The molecular formula is C14H20Cl2N4OS. The highest BCUT2D eigenvalue weighted by atomic mass is 35.5. The number of carbonyl (C=O) groups is 1. The second-order valence-electron chi connectivity index (χ2n) is 4.48. The molecule has 2 heterocycles. The van der Waals surface area contributed by atoms with E-state index < -0.39 is 0 Å². The topological polar surface area (TPSA) is 58.1 Å². The number of carbonyl (C=O) groups excluding carboxylic acids is 1. The van der Waals surface area contributed by atoms with Gasteiger partial charge in [0.1, 0.15) is 5.01 Å². The Labute approximate surface area is 147 Å². The van der Waals surface area contributed by atoms with Crippen LogP contribution in [0.3, 0.4) is 0 Å². The number of nitrogens with zero attached hydrogens (tertiary/aromatic N) is 3. The Bertz CT molecular complexity index is 565. The van der Waals surface area contributed by atoms with Gasteiger partial charge in [0.2, 0.25) is 5.91 Å². The fourth-order valence-electron chi connectivity index (χ4n) is 1.70. The average Bonchev–Trinajstić information content (AvgIpc) is 2.94. The van der Waals surface area contributed by atoms with Gasteiger partial charge in [0.05, 0.1) is 12.1 Å². The van der Waals surface area contributed by atoms with Crippen molar-refractivity contribution in [3.05, 3.63) is 35.6 Å². The summed E-state index contributed by atoms with van der Waals surface area (Å²) in [6.07, 6.45) is 3.86. The van der Waals surface area contributed by atoms with E-state index in [4.69, 9.17) is 0 Å². The first-order valence-electron chi connectivity index (χ1n) is 6.44. The van der Waals surface area contributed by atoms with Gasteiger partial charge in [-0.1, -0.05) is 0 Å². The van der Waals surface area contributed by atoms with Crippen molar-refractivity contribution in [1.82, 2.24) is 20.2 Å². The Morgan fingerprint density at radius 3 is 2.82 bits per heavy atom. The Kier molecular flexibility index (Phi) is 9.93. The molecule has 8 heteroatoms. The lowest BCUT2D eigenvalue weighted by Gasteiger charge is -2.15. The third-order valence-electron chi connectivity index (χ3n) is 2.92. The number of likely N-dealkylation sites (N-methyl/N-ethyl adjacent to an activating group) is 2. The van der Waals surface area contributed by atoms with Gasteiger partial charge in [0.25, 0.3) is 0 Å². The number of rotatable bonds is 6. The van der Waals surface area contributed by atoms with E-state index in [9.17, 15) is 4.79 Å². The Morgan fingerprint density at radius 1 is 1.41 bits per heavy atom. The van der Waals surface area contributed by atoms with Crippen LogP contribution < -0.4 is 5.32 Å². The number of thiazole rings is 1. The maximum absolute atomic E-state index is 12.0. The molecule has 0 atom stereocenters. The first-order chi connectivity index (χ1) is 9.70. The monoisotopic (exact) mass is 362 g/mol. The molecule has 0 unspecified atom stereocenters. The summed E-state index contributed by atoms with van der Waals surface area (Å²) in [6.45, 7) is 1.50. The highest BCUT2D eigenvalue weighted by Crippen LogP contribution is 2.22. The van der Waals surface area contributed by atoms with E-state index >= 15 is 0 Å². The summed E-state index contributed by atoms with van der Waals surface area (Å²) in [5, 5.41) is 5.87. The standard InChI is InChI=1S/C14H18N4OS.2ClH/c1-15-6-7-18(2)13(19)8-12-10-20-14(17-12)11-4-3-5-16-9-11;;/h3-5,9-10,15H,6-8H2,1-2H3;2*1H. The first kappa shape index (κ1) is 20.8. The molecule has 0 saturated carbocycles.